The largest absolute Gasteiger partial charge is 0.494 e. The molecule has 1 amide bonds. The van der Waals surface area contributed by atoms with Gasteiger partial charge in [0, 0.05) is 49.0 Å². The Labute approximate surface area is 194 Å². The summed E-state index contributed by atoms with van der Waals surface area (Å²) in [5.74, 6) is -0.654. The van der Waals surface area contributed by atoms with Gasteiger partial charge in [-0.25, -0.2) is 18.7 Å². The predicted octanol–water partition coefficient (Wildman–Crippen LogP) is 3.83. The second kappa shape index (κ2) is 8.66. The first kappa shape index (κ1) is 21.7. The standard InChI is InChI=1S/C25H21F2N5O2/c1-28-25(33)16-12-32(13-16)24-18-9-15(17-6-3-7-19(26)21(17)27)10-20(34-2)22(18)30-23(31-24)14-5-4-8-29-11-14/h3-11,16H,12-13H2,1-2H3,(H,28,33). The molecule has 0 spiro atoms. The van der Waals surface area contributed by atoms with Crippen molar-refractivity contribution >= 4 is 22.6 Å². The topological polar surface area (TPSA) is 80.2 Å². The maximum absolute atomic E-state index is 14.6. The highest BCUT2D eigenvalue weighted by Gasteiger charge is 2.34. The molecule has 0 unspecified atom stereocenters. The number of aromatic nitrogens is 3. The molecule has 0 radical (unpaired) electrons. The van der Waals surface area contributed by atoms with E-state index in [2.05, 4.69) is 10.3 Å². The van der Waals surface area contributed by atoms with Crippen LogP contribution < -0.4 is 15.0 Å². The lowest BCUT2D eigenvalue weighted by molar-refractivity contribution is -0.125. The van der Waals surface area contributed by atoms with Crippen LogP contribution in [0.5, 0.6) is 5.75 Å². The molecular formula is C25H21F2N5O2. The first-order chi connectivity index (χ1) is 16.5. The van der Waals surface area contributed by atoms with E-state index in [4.69, 9.17) is 14.7 Å². The van der Waals surface area contributed by atoms with Crippen molar-refractivity contribution in [3.05, 3.63) is 66.5 Å². The highest BCUT2D eigenvalue weighted by atomic mass is 19.2. The number of halogens is 2. The van der Waals surface area contributed by atoms with E-state index in [1.807, 2.05) is 11.0 Å². The lowest BCUT2D eigenvalue weighted by Gasteiger charge is -2.39. The van der Waals surface area contributed by atoms with Crippen LogP contribution >= 0.6 is 0 Å². The van der Waals surface area contributed by atoms with Crippen LogP contribution in [0.3, 0.4) is 0 Å². The SMILES string of the molecule is CNC(=O)C1CN(c2nc(-c3cccnc3)nc3c(OC)cc(-c4cccc(F)c4F)cc23)C1. The molecule has 1 saturated heterocycles. The molecular weight excluding hydrogens is 440 g/mol. The van der Waals surface area contributed by atoms with Gasteiger partial charge in [-0.15, -0.1) is 0 Å². The number of benzene rings is 2. The van der Waals surface area contributed by atoms with Crippen LogP contribution in [0.2, 0.25) is 0 Å². The van der Waals surface area contributed by atoms with Crippen LogP contribution in [-0.2, 0) is 4.79 Å². The number of methoxy groups -OCH3 is 1. The summed E-state index contributed by atoms with van der Waals surface area (Å²) in [7, 11) is 3.10. The second-order valence-electron chi connectivity index (χ2n) is 8.00. The summed E-state index contributed by atoms with van der Waals surface area (Å²) in [5, 5.41) is 3.28. The van der Waals surface area contributed by atoms with Crippen LogP contribution in [0.4, 0.5) is 14.6 Å². The molecule has 5 rings (SSSR count). The molecule has 3 heterocycles. The molecule has 0 bridgehead atoms. The zero-order chi connectivity index (χ0) is 23.8. The van der Waals surface area contributed by atoms with Crippen molar-refractivity contribution in [1.29, 1.82) is 0 Å². The van der Waals surface area contributed by atoms with Gasteiger partial charge in [0.05, 0.1) is 13.0 Å². The van der Waals surface area contributed by atoms with Gasteiger partial charge in [-0.05, 0) is 35.9 Å². The Morgan fingerprint density at radius 2 is 1.94 bits per heavy atom. The zero-order valence-corrected chi connectivity index (χ0v) is 18.5. The van der Waals surface area contributed by atoms with Crippen molar-refractivity contribution in [2.24, 2.45) is 5.92 Å². The van der Waals surface area contributed by atoms with Gasteiger partial charge >= 0.3 is 0 Å². The summed E-state index contributed by atoms with van der Waals surface area (Å²) in [6.45, 7) is 0.943. The Morgan fingerprint density at radius 3 is 2.65 bits per heavy atom. The third-order valence-corrected chi connectivity index (χ3v) is 5.95. The van der Waals surface area contributed by atoms with Gasteiger partial charge in [0.25, 0.3) is 0 Å². The van der Waals surface area contributed by atoms with Gasteiger partial charge in [-0.3, -0.25) is 9.78 Å². The fourth-order valence-electron chi connectivity index (χ4n) is 4.11. The van der Waals surface area contributed by atoms with Gasteiger partial charge in [0.1, 0.15) is 17.1 Å². The Balaban J connectivity index is 1.72. The average Bonchev–Trinajstić information content (AvgIpc) is 2.84. The third kappa shape index (κ3) is 3.68. The number of carbonyl (C=O) groups excluding carboxylic acids is 1. The maximum Gasteiger partial charge on any atom is 0.226 e. The molecule has 4 aromatic rings. The summed E-state index contributed by atoms with van der Waals surface area (Å²) >= 11 is 0. The van der Waals surface area contributed by atoms with Crippen LogP contribution in [0, 0.1) is 17.6 Å². The number of hydrogen-bond donors (Lipinski definition) is 1. The summed E-state index contributed by atoms with van der Waals surface area (Å²) in [6.07, 6.45) is 3.33. The van der Waals surface area contributed by atoms with Crippen LogP contribution in [0.1, 0.15) is 0 Å². The summed E-state index contributed by atoms with van der Waals surface area (Å²) in [5.41, 5.74) is 1.78. The molecule has 1 aliphatic rings. The van der Waals surface area contributed by atoms with Crippen molar-refractivity contribution in [2.45, 2.75) is 0 Å². The number of ether oxygens (including phenoxy) is 1. The highest BCUT2D eigenvalue weighted by molar-refractivity contribution is 5.99. The third-order valence-electron chi connectivity index (χ3n) is 5.95. The Morgan fingerprint density at radius 1 is 1.12 bits per heavy atom. The second-order valence-corrected chi connectivity index (χ2v) is 8.00. The van der Waals surface area contributed by atoms with E-state index in [1.165, 1.54) is 19.2 Å². The molecule has 34 heavy (non-hydrogen) atoms. The zero-order valence-electron chi connectivity index (χ0n) is 18.5. The quantitative estimate of drug-likeness (QED) is 0.487. The van der Waals surface area contributed by atoms with Crippen LogP contribution in [0.15, 0.2) is 54.9 Å². The van der Waals surface area contributed by atoms with Gasteiger partial charge in [0.2, 0.25) is 5.91 Å². The number of fused-ring (bicyclic) bond motifs is 1. The van der Waals surface area contributed by atoms with Crippen molar-refractivity contribution in [2.75, 3.05) is 32.1 Å². The van der Waals surface area contributed by atoms with Crippen molar-refractivity contribution in [3.63, 3.8) is 0 Å². The molecule has 2 aromatic heterocycles. The van der Waals surface area contributed by atoms with E-state index in [9.17, 15) is 13.6 Å². The summed E-state index contributed by atoms with van der Waals surface area (Å²) < 4.78 is 34.2. The Kier molecular flexibility index (Phi) is 5.53. The number of pyridine rings is 1. The number of amides is 1. The molecule has 2 aromatic carbocycles. The van der Waals surface area contributed by atoms with E-state index in [0.29, 0.717) is 46.9 Å². The minimum Gasteiger partial charge on any atom is -0.494 e. The average molecular weight is 461 g/mol. The number of nitrogens with one attached hydrogen (secondary N) is 1. The Hall–Kier alpha value is -4.14. The van der Waals surface area contributed by atoms with Crippen molar-refractivity contribution < 1.29 is 18.3 Å². The van der Waals surface area contributed by atoms with Gasteiger partial charge in [-0.2, -0.15) is 0 Å². The monoisotopic (exact) mass is 461 g/mol. The maximum atomic E-state index is 14.6. The smallest absolute Gasteiger partial charge is 0.226 e. The van der Waals surface area contributed by atoms with E-state index in [-0.39, 0.29) is 17.4 Å². The number of nitrogens with zero attached hydrogens (tertiary/aromatic N) is 4. The Bertz CT molecular complexity index is 1390. The summed E-state index contributed by atoms with van der Waals surface area (Å²) in [6, 6.07) is 11.0. The normalized spacial score (nSPS) is 13.6. The molecule has 172 valence electrons. The van der Waals surface area contributed by atoms with E-state index < -0.39 is 11.6 Å². The van der Waals surface area contributed by atoms with E-state index in [1.54, 1.807) is 37.6 Å². The predicted molar refractivity (Wildman–Crippen MR) is 124 cm³/mol. The number of hydrogen-bond acceptors (Lipinski definition) is 6. The van der Waals surface area contributed by atoms with Gasteiger partial charge in [-0.1, -0.05) is 12.1 Å². The lowest BCUT2D eigenvalue weighted by atomic mass is 9.97. The minimum atomic E-state index is -0.943. The molecule has 1 N–H and O–H groups in total. The molecule has 0 aliphatic carbocycles. The molecule has 7 nitrogen and oxygen atoms in total. The van der Waals surface area contributed by atoms with Crippen LogP contribution in [-0.4, -0.2) is 48.1 Å². The van der Waals surface area contributed by atoms with Gasteiger partial charge < -0.3 is 15.0 Å². The number of rotatable bonds is 5. The fourth-order valence-corrected chi connectivity index (χ4v) is 4.11. The van der Waals surface area contributed by atoms with Gasteiger partial charge in [0.15, 0.2) is 17.5 Å². The molecule has 0 atom stereocenters. The minimum absolute atomic E-state index is 0.0396. The number of carbonyl (C=O) groups is 1. The van der Waals surface area contributed by atoms with Crippen LogP contribution in [0.25, 0.3) is 33.4 Å². The fraction of sp³-hybridized carbons (Fsp3) is 0.200. The highest BCUT2D eigenvalue weighted by Crippen LogP contribution is 2.39. The first-order valence-corrected chi connectivity index (χ1v) is 10.7. The molecule has 1 fully saturated rings. The molecule has 1 aliphatic heterocycles. The van der Waals surface area contributed by atoms with Crippen molar-refractivity contribution in [3.8, 4) is 28.3 Å². The van der Waals surface area contributed by atoms with Crippen molar-refractivity contribution in [1.82, 2.24) is 20.3 Å². The van der Waals surface area contributed by atoms with E-state index >= 15 is 0 Å². The molecule has 0 saturated carbocycles. The summed E-state index contributed by atoms with van der Waals surface area (Å²) in [4.78, 5) is 27.7. The molecule has 9 heteroatoms. The number of anilines is 1. The van der Waals surface area contributed by atoms with E-state index in [0.717, 1.165) is 11.6 Å². The first-order valence-electron chi connectivity index (χ1n) is 10.7. The lowest BCUT2D eigenvalue weighted by Crippen LogP contribution is -2.53.